The van der Waals surface area contributed by atoms with Gasteiger partial charge in [0, 0.05) is 44.4 Å². The number of anilines is 2. The minimum Gasteiger partial charge on any atom is -0.508 e. The summed E-state index contributed by atoms with van der Waals surface area (Å²) in [5, 5.41) is 23.1. The van der Waals surface area contributed by atoms with Crippen LogP contribution in [0.5, 0.6) is 11.5 Å². The van der Waals surface area contributed by atoms with Gasteiger partial charge in [0.25, 0.3) is 0 Å². The van der Waals surface area contributed by atoms with Crippen molar-refractivity contribution in [3.63, 3.8) is 0 Å². The zero-order valence-electron chi connectivity index (χ0n) is 22.1. The molecule has 0 atom stereocenters. The number of fused-ring (bicyclic) bond motifs is 2. The monoisotopic (exact) mass is 336 g/mol. The first kappa shape index (κ1) is 7.70. The smallest absolute Gasteiger partial charge is 0.224 e. The van der Waals surface area contributed by atoms with E-state index >= 15 is 0 Å². The van der Waals surface area contributed by atoms with Gasteiger partial charge in [-0.25, -0.2) is 0 Å². The van der Waals surface area contributed by atoms with E-state index in [2.05, 4.69) is 10.6 Å². The van der Waals surface area contributed by atoms with E-state index in [4.69, 9.17) is 13.7 Å². The molecule has 2 aliphatic rings. The molecule has 124 valence electrons. The van der Waals surface area contributed by atoms with Crippen LogP contribution in [-0.4, -0.2) is 22.0 Å². The Labute approximate surface area is 153 Å². The van der Waals surface area contributed by atoms with Crippen LogP contribution < -0.4 is 10.6 Å². The molecule has 2 aliphatic heterocycles. The van der Waals surface area contributed by atoms with E-state index in [1.54, 1.807) is 0 Å². The van der Waals surface area contributed by atoms with Crippen molar-refractivity contribution in [2.24, 2.45) is 0 Å². The maximum absolute atomic E-state index is 11.5. The molecule has 24 heavy (non-hydrogen) atoms. The second kappa shape index (κ2) is 6.62. The third-order valence-corrected chi connectivity index (χ3v) is 3.04. The molecule has 4 rings (SSSR count). The summed E-state index contributed by atoms with van der Waals surface area (Å²) in [7, 11) is 0. The molecule has 0 saturated carbocycles. The zero-order chi connectivity index (χ0) is 26.0. The molecular weight excluding hydrogens is 308 g/mol. The number of amides is 2. The standard InChI is InChI=1S/2C9H9NO2/c2*11-7-3-1-6-2-4-9(12)10-8(6)5-7/h2*1,3,5,11H,2,4H2,(H,10,12)/i2D2,3D,4D2,5D;3D,4D2,5D. The molecule has 2 amide bonds. The first-order valence-electron chi connectivity index (χ1n) is 11.7. The van der Waals surface area contributed by atoms with Crippen molar-refractivity contribution in [3.05, 3.63) is 47.4 Å². The van der Waals surface area contributed by atoms with Crippen molar-refractivity contribution in [2.75, 3.05) is 10.6 Å². The second-order valence-corrected chi connectivity index (χ2v) is 4.73. The molecule has 0 unspecified atom stereocenters. The normalized spacial score (nSPS) is 27.5. The SMILES string of the molecule is [2H]c1cc2c(c([2H])c1O)NC(=O)C([2H])([2H])C2.[2H]c1cc2c(c([2H])c1O)NC(=O)C([2H])([2H])C2([2H])[2H]. The van der Waals surface area contributed by atoms with E-state index in [9.17, 15) is 19.8 Å². The van der Waals surface area contributed by atoms with Gasteiger partial charge in [-0.1, -0.05) is 12.1 Å². The third kappa shape index (κ3) is 3.65. The van der Waals surface area contributed by atoms with Crippen LogP contribution in [0.15, 0.2) is 36.3 Å². The number of aromatic hydroxyl groups is 2. The molecule has 2 aromatic carbocycles. The first-order valence-corrected chi connectivity index (χ1v) is 6.72. The summed E-state index contributed by atoms with van der Waals surface area (Å²) >= 11 is 0. The van der Waals surface area contributed by atoms with E-state index in [1.165, 1.54) is 6.07 Å². The molecule has 6 heteroatoms. The molecule has 0 bridgehead atoms. The summed E-state index contributed by atoms with van der Waals surface area (Å²) in [4.78, 5) is 22.8. The average molecular weight is 336 g/mol. The van der Waals surface area contributed by atoms with Gasteiger partial charge in [-0.2, -0.15) is 0 Å². The van der Waals surface area contributed by atoms with Crippen LogP contribution in [0.1, 0.15) is 37.6 Å². The fraction of sp³-hybridized carbons (Fsp3) is 0.222. The van der Waals surface area contributed by atoms with Gasteiger partial charge >= 0.3 is 0 Å². The van der Waals surface area contributed by atoms with Gasteiger partial charge in [0.05, 0.1) is 5.48 Å². The van der Waals surface area contributed by atoms with Crippen molar-refractivity contribution < 1.29 is 33.5 Å². The summed E-state index contributed by atoms with van der Waals surface area (Å²) in [6.07, 6.45) is -7.71. The number of hydrogen-bond donors (Lipinski definition) is 4. The molecule has 4 N–H and O–H groups in total. The fourth-order valence-electron chi connectivity index (χ4n) is 1.95. The van der Waals surface area contributed by atoms with Crippen molar-refractivity contribution in [2.45, 2.75) is 25.5 Å². The van der Waals surface area contributed by atoms with Crippen LogP contribution in [-0.2, 0) is 22.4 Å². The molecule has 0 aliphatic carbocycles. The summed E-state index contributed by atoms with van der Waals surface area (Å²) in [5.41, 5.74) is -0.167. The molecule has 6 nitrogen and oxygen atoms in total. The second-order valence-electron chi connectivity index (χ2n) is 4.73. The minimum atomic E-state index is -2.81. The van der Waals surface area contributed by atoms with Gasteiger partial charge in [0.2, 0.25) is 11.8 Å². The number of rotatable bonds is 0. The van der Waals surface area contributed by atoms with Crippen LogP contribution in [0.3, 0.4) is 0 Å². The highest BCUT2D eigenvalue weighted by molar-refractivity contribution is 5.94. The van der Waals surface area contributed by atoms with Crippen LogP contribution in [0.2, 0.25) is 0 Å². The number of phenols is 2. The van der Waals surface area contributed by atoms with Gasteiger partial charge in [0.15, 0.2) is 0 Å². The lowest BCUT2D eigenvalue weighted by molar-refractivity contribution is -0.117. The Kier molecular flexibility index (Phi) is 2.12. The Morgan fingerprint density at radius 3 is 2.08 bits per heavy atom. The van der Waals surface area contributed by atoms with Gasteiger partial charge < -0.3 is 20.8 Å². The first-order chi connectivity index (χ1) is 15.4. The number of aryl methyl sites for hydroxylation is 2. The Morgan fingerprint density at radius 1 is 0.875 bits per heavy atom. The highest BCUT2D eigenvalue weighted by Crippen LogP contribution is 2.26. The average Bonchev–Trinajstić information content (AvgIpc) is 2.73. The van der Waals surface area contributed by atoms with E-state index < -0.39 is 54.5 Å². The van der Waals surface area contributed by atoms with E-state index in [-0.39, 0.29) is 35.4 Å². The lowest BCUT2D eigenvalue weighted by atomic mass is 10.0. The lowest BCUT2D eigenvalue weighted by Gasteiger charge is -2.16. The number of nitrogens with one attached hydrogen (secondary N) is 2. The van der Waals surface area contributed by atoms with Crippen molar-refractivity contribution in [1.29, 1.82) is 0 Å². The molecule has 0 radical (unpaired) electrons. The Hall–Kier alpha value is -3.02. The minimum absolute atomic E-state index is 0.0913. The van der Waals surface area contributed by atoms with Gasteiger partial charge in [-0.15, -0.1) is 0 Å². The van der Waals surface area contributed by atoms with Crippen molar-refractivity contribution in [3.8, 4) is 11.5 Å². The van der Waals surface area contributed by atoms with Crippen LogP contribution in [0.25, 0.3) is 0 Å². The number of hydrogen-bond acceptors (Lipinski definition) is 4. The molecule has 2 heterocycles. The molecule has 0 fully saturated rings. The third-order valence-electron chi connectivity index (χ3n) is 3.04. The number of benzene rings is 2. The Balaban J connectivity index is 0.000000192. The Morgan fingerprint density at radius 2 is 1.42 bits per heavy atom. The zero-order valence-corrected chi connectivity index (χ0v) is 12.1. The van der Waals surface area contributed by atoms with Gasteiger partial charge in [0.1, 0.15) is 11.5 Å². The Bertz CT molecular complexity index is 1230. The van der Waals surface area contributed by atoms with E-state index in [0.717, 1.165) is 6.07 Å². The lowest BCUT2D eigenvalue weighted by Crippen LogP contribution is -2.18. The molecule has 0 saturated heterocycles. The predicted molar refractivity (Wildman–Crippen MR) is 90.1 cm³/mol. The number of carbonyl (C=O) groups excluding carboxylic acids is 2. The largest absolute Gasteiger partial charge is 0.508 e. The van der Waals surface area contributed by atoms with Gasteiger partial charge in [-0.3, -0.25) is 9.59 Å². The molecule has 2 aromatic rings. The molecular formula is C18H18N2O4. The van der Waals surface area contributed by atoms with Crippen molar-refractivity contribution >= 4 is 23.2 Å². The van der Waals surface area contributed by atoms with Gasteiger partial charge in [-0.05, 0) is 36.0 Å². The summed E-state index contributed by atoms with van der Waals surface area (Å²) in [6.45, 7) is 0. The molecule has 0 spiro atoms. The summed E-state index contributed by atoms with van der Waals surface area (Å²) in [6, 6.07) is 0.516. The quantitative estimate of drug-likeness (QED) is 0.594. The van der Waals surface area contributed by atoms with Crippen molar-refractivity contribution in [1.82, 2.24) is 0 Å². The summed E-state index contributed by atoms with van der Waals surface area (Å²) in [5.74, 6) is -3.25. The maximum atomic E-state index is 11.5. The number of carbonyl (C=O) groups is 2. The van der Waals surface area contributed by atoms with Crippen LogP contribution in [0, 0.1) is 0 Å². The highest BCUT2D eigenvalue weighted by atomic mass is 16.3. The van der Waals surface area contributed by atoms with E-state index in [0.29, 0.717) is 5.56 Å². The number of phenolic OH excluding ortho intramolecular Hbond substituents is 2. The fourth-order valence-corrected chi connectivity index (χ4v) is 1.95. The van der Waals surface area contributed by atoms with E-state index in [1.807, 2.05) is 0 Å². The predicted octanol–water partition coefficient (Wildman–Crippen LogP) is 2.55. The van der Waals surface area contributed by atoms with Crippen LogP contribution >= 0.6 is 0 Å². The maximum Gasteiger partial charge on any atom is 0.224 e. The topological polar surface area (TPSA) is 98.7 Å². The highest BCUT2D eigenvalue weighted by Gasteiger charge is 2.15. The summed E-state index contributed by atoms with van der Waals surface area (Å²) < 4.78 is 75.0. The van der Waals surface area contributed by atoms with Crippen LogP contribution in [0.4, 0.5) is 11.4 Å². The molecule has 0 aromatic heterocycles.